The largest absolute Gasteiger partial charge is 0.333 e. The number of nitrogens with zero attached hydrogens (tertiary/aromatic N) is 1. The van der Waals surface area contributed by atoms with Gasteiger partial charge in [-0.1, -0.05) is 133 Å². The van der Waals surface area contributed by atoms with Crippen molar-refractivity contribution in [2.24, 2.45) is 0 Å². The van der Waals surface area contributed by atoms with Gasteiger partial charge in [-0.05, 0) is 95.9 Å². The monoisotopic (exact) mass is 559 g/mol. The molecule has 2 atom stereocenters. The van der Waals surface area contributed by atoms with Crippen molar-refractivity contribution in [2.75, 3.05) is 4.90 Å². The summed E-state index contributed by atoms with van der Waals surface area (Å²) in [4.78, 5) is 2.57. The van der Waals surface area contributed by atoms with Crippen LogP contribution in [0.3, 0.4) is 0 Å². The highest BCUT2D eigenvalue weighted by Gasteiger charge is 2.38. The van der Waals surface area contributed by atoms with E-state index in [1.165, 1.54) is 82.6 Å². The number of anilines is 2. The first-order chi connectivity index (χ1) is 21.8. The maximum Gasteiger partial charge on any atom is 0.0630 e. The van der Waals surface area contributed by atoms with Gasteiger partial charge in [-0.15, -0.1) is 0 Å². The maximum absolute atomic E-state index is 2.57. The van der Waals surface area contributed by atoms with Crippen molar-refractivity contribution in [1.82, 2.24) is 0 Å². The van der Waals surface area contributed by atoms with Crippen molar-refractivity contribution in [3.05, 3.63) is 174 Å². The fourth-order valence-electron chi connectivity index (χ4n) is 8.30. The molecule has 1 heteroatoms. The first-order valence-electron chi connectivity index (χ1n) is 15.7. The zero-order chi connectivity index (χ0) is 28.8. The van der Waals surface area contributed by atoms with Gasteiger partial charge in [-0.25, -0.2) is 0 Å². The van der Waals surface area contributed by atoms with Crippen LogP contribution in [0.4, 0.5) is 11.4 Å². The Bertz CT molecular complexity index is 2350. The number of fused-ring (bicyclic) bond motifs is 12. The highest BCUT2D eigenvalue weighted by molar-refractivity contribution is 6.25. The molecule has 0 aromatic heterocycles. The minimum atomic E-state index is 0.231. The van der Waals surface area contributed by atoms with E-state index in [1.54, 1.807) is 0 Å². The average Bonchev–Trinajstić information content (AvgIpc) is 3.64. The quantitative estimate of drug-likeness (QED) is 0.190. The Kier molecular flexibility index (Phi) is 4.95. The second-order valence-electron chi connectivity index (χ2n) is 12.4. The van der Waals surface area contributed by atoms with Crippen LogP contribution in [-0.4, -0.2) is 6.04 Å². The lowest BCUT2D eigenvalue weighted by atomic mass is 9.84. The topological polar surface area (TPSA) is 3.24 Å². The summed E-state index contributed by atoms with van der Waals surface area (Å²) >= 11 is 0. The van der Waals surface area contributed by atoms with Crippen molar-refractivity contribution >= 4 is 49.3 Å². The van der Waals surface area contributed by atoms with Crippen LogP contribution >= 0.6 is 0 Å². The van der Waals surface area contributed by atoms with Crippen LogP contribution in [0, 0.1) is 0 Å². The van der Waals surface area contributed by atoms with Crippen molar-refractivity contribution in [3.8, 4) is 11.1 Å². The molecule has 7 aromatic rings. The van der Waals surface area contributed by atoms with E-state index in [0.717, 1.165) is 6.42 Å². The molecule has 1 unspecified atom stereocenters. The van der Waals surface area contributed by atoms with Crippen LogP contribution in [0.1, 0.15) is 28.2 Å². The lowest BCUT2D eigenvalue weighted by Crippen LogP contribution is -2.29. The number of benzene rings is 7. The molecule has 10 rings (SSSR count). The minimum absolute atomic E-state index is 0.231. The lowest BCUT2D eigenvalue weighted by Gasteiger charge is -2.30. The van der Waals surface area contributed by atoms with E-state index in [2.05, 4.69) is 157 Å². The molecule has 0 fully saturated rings. The first-order valence-corrected chi connectivity index (χ1v) is 15.7. The van der Waals surface area contributed by atoms with E-state index >= 15 is 0 Å². The molecule has 0 radical (unpaired) electrons. The van der Waals surface area contributed by atoms with Gasteiger partial charge in [0, 0.05) is 17.3 Å². The number of hydrogen-bond acceptors (Lipinski definition) is 1. The Morgan fingerprint density at radius 2 is 1.16 bits per heavy atom. The molecule has 1 nitrogen and oxygen atoms in total. The summed E-state index contributed by atoms with van der Waals surface area (Å²) in [6, 6.07) is 49.7. The van der Waals surface area contributed by atoms with Gasteiger partial charge in [0.1, 0.15) is 0 Å². The molecule has 7 aromatic carbocycles. The zero-order valence-corrected chi connectivity index (χ0v) is 24.2. The van der Waals surface area contributed by atoms with Crippen molar-refractivity contribution < 1.29 is 0 Å². The molecule has 1 aliphatic heterocycles. The summed E-state index contributed by atoms with van der Waals surface area (Å²) in [5.74, 6) is 0.287. The Morgan fingerprint density at radius 3 is 1.98 bits per heavy atom. The van der Waals surface area contributed by atoms with Crippen molar-refractivity contribution in [1.29, 1.82) is 0 Å². The second-order valence-corrected chi connectivity index (χ2v) is 12.4. The Labute approximate surface area is 257 Å². The Morgan fingerprint density at radius 1 is 0.523 bits per heavy atom. The predicted octanol–water partition coefficient (Wildman–Crippen LogP) is 11.0. The molecule has 3 aliphatic rings. The summed E-state index contributed by atoms with van der Waals surface area (Å²) in [7, 11) is 0. The van der Waals surface area contributed by atoms with Crippen LogP contribution in [0.5, 0.6) is 0 Å². The fourth-order valence-corrected chi connectivity index (χ4v) is 8.30. The molecular formula is C43H29N. The number of rotatable bonds is 2. The number of para-hydroxylation sites is 1. The smallest absolute Gasteiger partial charge is 0.0630 e. The average molecular weight is 560 g/mol. The normalized spacial score (nSPS) is 17.9. The van der Waals surface area contributed by atoms with Crippen LogP contribution in [0.15, 0.2) is 152 Å². The highest BCUT2D eigenvalue weighted by atomic mass is 15.2. The molecule has 0 bridgehead atoms. The van der Waals surface area contributed by atoms with Crippen LogP contribution < -0.4 is 4.90 Å². The van der Waals surface area contributed by atoms with Gasteiger partial charge in [0.25, 0.3) is 0 Å². The molecule has 44 heavy (non-hydrogen) atoms. The highest BCUT2D eigenvalue weighted by Crippen LogP contribution is 2.51. The van der Waals surface area contributed by atoms with Gasteiger partial charge in [0.2, 0.25) is 0 Å². The summed E-state index contributed by atoms with van der Waals surface area (Å²) in [5.41, 5.74) is 12.3. The third-order valence-corrected chi connectivity index (χ3v) is 10.2. The van der Waals surface area contributed by atoms with Gasteiger partial charge >= 0.3 is 0 Å². The van der Waals surface area contributed by atoms with E-state index in [9.17, 15) is 0 Å². The van der Waals surface area contributed by atoms with E-state index in [-0.39, 0.29) is 12.0 Å². The minimum Gasteiger partial charge on any atom is -0.333 e. The van der Waals surface area contributed by atoms with E-state index in [1.807, 2.05) is 0 Å². The Balaban J connectivity index is 1.12. The molecule has 0 spiro atoms. The lowest BCUT2D eigenvalue weighted by molar-refractivity contribution is 0.747. The number of hydrogen-bond donors (Lipinski definition) is 0. The molecular weight excluding hydrogens is 530 g/mol. The summed E-state index contributed by atoms with van der Waals surface area (Å²) in [5, 5.41) is 7.89. The molecule has 0 saturated heterocycles. The van der Waals surface area contributed by atoms with Gasteiger partial charge in [-0.3, -0.25) is 0 Å². The molecule has 206 valence electrons. The summed E-state index contributed by atoms with van der Waals surface area (Å²) in [6.07, 6.45) is 8.36. The van der Waals surface area contributed by atoms with Gasteiger partial charge in [0.15, 0.2) is 0 Å². The fraction of sp³-hybridized carbons (Fsp3) is 0.0698. The molecule has 0 N–H and O–H groups in total. The van der Waals surface area contributed by atoms with E-state index < -0.39 is 0 Å². The van der Waals surface area contributed by atoms with Crippen LogP contribution in [-0.2, 0) is 6.42 Å². The van der Waals surface area contributed by atoms with Crippen LogP contribution in [0.25, 0.3) is 49.0 Å². The molecule has 2 aliphatic carbocycles. The Hall–Kier alpha value is -5.40. The van der Waals surface area contributed by atoms with Crippen molar-refractivity contribution in [2.45, 2.75) is 18.4 Å². The number of allylic oxidation sites excluding steroid dienone is 2. The third-order valence-electron chi connectivity index (χ3n) is 10.2. The second kappa shape index (κ2) is 9.05. The third kappa shape index (κ3) is 3.30. The van der Waals surface area contributed by atoms with Gasteiger partial charge in [-0.2, -0.15) is 0 Å². The molecule has 0 amide bonds. The van der Waals surface area contributed by atoms with Gasteiger partial charge in [0.05, 0.1) is 6.04 Å². The standard InChI is InChI=1S/C43H29N/c1-2-11-30-27(10-1)24-39-31(17-9-18-32(30)39)28-20-23-43-41(25-28)38-16-7-8-19-42(38)44(43)29-21-22-37-35-14-4-3-12-33(35)34-13-5-6-15-36(34)40(37)26-29/h1-23,25-26,41,43H,24H2/t41-,43?/m1/s1. The van der Waals surface area contributed by atoms with E-state index in [0.29, 0.717) is 0 Å². The van der Waals surface area contributed by atoms with E-state index in [4.69, 9.17) is 0 Å². The zero-order valence-electron chi connectivity index (χ0n) is 24.2. The molecule has 1 heterocycles. The van der Waals surface area contributed by atoms with Crippen molar-refractivity contribution in [3.63, 3.8) is 0 Å². The maximum atomic E-state index is 2.57. The first kappa shape index (κ1) is 24.1. The van der Waals surface area contributed by atoms with Crippen LogP contribution in [0.2, 0.25) is 0 Å². The molecule has 0 saturated carbocycles. The van der Waals surface area contributed by atoms with Gasteiger partial charge < -0.3 is 4.90 Å². The predicted molar refractivity (Wildman–Crippen MR) is 186 cm³/mol. The SMILES string of the molecule is C1=CC2[C@H](C=C1c1cccc3c1Cc1ccccc1-3)c1ccccc1N2c1ccc2c3ccccc3c3ccccc3c2c1. The summed E-state index contributed by atoms with van der Waals surface area (Å²) in [6.45, 7) is 0. The summed E-state index contributed by atoms with van der Waals surface area (Å²) < 4.78 is 0.